The molecule has 0 aromatic heterocycles. The Labute approximate surface area is 84.3 Å². The van der Waals surface area contributed by atoms with Crippen molar-refractivity contribution < 1.29 is 5.11 Å². The normalized spacial score (nSPS) is 37.4. The maximum absolute atomic E-state index is 10.2. The highest BCUT2D eigenvalue weighted by Gasteiger charge is 2.39. The molecule has 2 aliphatic rings. The first-order valence-electron chi connectivity index (χ1n) is 5.26. The molecule has 1 saturated heterocycles. The van der Waals surface area contributed by atoms with Crippen LogP contribution in [-0.4, -0.2) is 28.3 Å². The van der Waals surface area contributed by atoms with Crippen LogP contribution in [0.5, 0.6) is 0 Å². The number of hydrogen-bond donors (Lipinski definition) is 2. The van der Waals surface area contributed by atoms with Gasteiger partial charge in [0.15, 0.2) is 0 Å². The van der Waals surface area contributed by atoms with Gasteiger partial charge in [-0.25, -0.2) is 0 Å². The smallest absolute Gasteiger partial charge is 0.0895 e. The highest BCUT2D eigenvalue weighted by Crippen LogP contribution is 2.36. The van der Waals surface area contributed by atoms with E-state index in [1.807, 2.05) is 11.8 Å². The molecule has 1 aliphatic carbocycles. The SMILES string of the molecule is NC(CC1CCC1)C1(O)CCSC1. The van der Waals surface area contributed by atoms with Crippen LogP contribution in [0.15, 0.2) is 0 Å². The first-order valence-corrected chi connectivity index (χ1v) is 6.42. The number of aliphatic hydroxyl groups is 1. The van der Waals surface area contributed by atoms with Crippen LogP contribution < -0.4 is 5.73 Å². The van der Waals surface area contributed by atoms with E-state index in [0.717, 1.165) is 30.3 Å². The summed E-state index contributed by atoms with van der Waals surface area (Å²) in [5.41, 5.74) is 5.52. The molecule has 1 heterocycles. The minimum atomic E-state index is -0.541. The lowest BCUT2D eigenvalue weighted by Gasteiger charge is -2.34. The van der Waals surface area contributed by atoms with Gasteiger partial charge in [-0.05, 0) is 24.5 Å². The van der Waals surface area contributed by atoms with Crippen molar-refractivity contribution in [3.05, 3.63) is 0 Å². The topological polar surface area (TPSA) is 46.2 Å². The number of nitrogens with two attached hydrogens (primary N) is 1. The first-order chi connectivity index (χ1) is 6.21. The van der Waals surface area contributed by atoms with E-state index in [1.165, 1.54) is 19.3 Å². The van der Waals surface area contributed by atoms with Crippen molar-refractivity contribution in [2.75, 3.05) is 11.5 Å². The summed E-state index contributed by atoms with van der Waals surface area (Å²) in [6, 6.07) is 0.0211. The van der Waals surface area contributed by atoms with Gasteiger partial charge >= 0.3 is 0 Å². The van der Waals surface area contributed by atoms with E-state index < -0.39 is 5.60 Å². The van der Waals surface area contributed by atoms with Crippen LogP contribution >= 0.6 is 11.8 Å². The zero-order valence-electron chi connectivity index (χ0n) is 8.04. The van der Waals surface area contributed by atoms with E-state index in [2.05, 4.69) is 0 Å². The van der Waals surface area contributed by atoms with Crippen LogP contribution in [0.2, 0.25) is 0 Å². The highest BCUT2D eigenvalue weighted by molar-refractivity contribution is 7.99. The quantitative estimate of drug-likeness (QED) is 0.725. The van der Waals surface area contributed by atoms with Gasteiger partial charge in [0.25, 0.3) is 0 Å². The fourth-order valence-corrected chi connectivity index (χ4v) is 3.52. The molecule has 2 nitrogen and oxygen atoms in total. The van der Waals surface area contributed by atoms with Crippen molar-refractivity contribution in [3.8, 4) is 0 Å². The Kier molecular flexibility index (Phi) is 2.86. The molecule has 2 rings (SSSR count). The summed E-state index contributed by atoms with van der Waals surface area (Å²) >= 11 is 1.83. The third-order valence-corrected chi connectivity index (χ3v) is 4.73. The maximum atomic E-state index is 10.2. The van der Waals surface area contributed by atoms with Crippen molar-refractivity contribution in [1.82, 2.24) is 0 Å². The first kappa shape index (κ1) is 9.81. The second-order valence-electron chi connectivity index (χ2n) is 4.55. The van der Waals surface area contributed by atoms with Gasteiger partial charge in [0.1, 0.15) is 0 Å². The minimum Gasteiger partial charge on any atom is -0.387 e. The molecule has 0 aromatic rings. The van der Waals surface area contributed by atoms with Crippen LogP contribution in [0.4, 0.5) is 0 Å². The second kappa shape index (κ2) is 3.79. The Bertz CT molecular complexity index is 176. The molecular formula is C10H19NOS. The standard InChI is InChI=1S/C10H19NOS/c11-9(6-8-2-1-3-8)10(12)4-5-13-7-10/h8-9,12H,1-7,11H2. The largest absolute Gasteiger partial charge is 0.387 e. The van der Waals surface area contributed by atoms with Gasteiger partial charge in [0.2, 0.25) is 0 Å². The van der Waals surface area contributed by atoms with Gasteiger partial charge in [-0.1, -0.05) is 19.3 Å². The lowest BCUT2D eigenvalue weighted by molar-refractivity contribution is 0.0271. The van der Waals surface area contributed by atoms with E-state index in [0.29, 0.717) is 0 Å². The Morgan fingerprint density at radius 1 is 1.54 bits per heavy atom. The Hall–Kier alpha value is 0.270. The van der Waals surface area contributed by atoms with Crippen LogP contribution in [0.25, 0.3) is 0 Å². The summed E-state index contributed by atoms with van der Waals surface area (Å²) in [5, 5.41) is 10.2. The van der Waals surface area contributed by atoms with E-state index in [-0.39, 0.29) is 6.04 Å². The minimum absolute atomic E-state index is 0.0211. The fraction of sp³-hybridized carbons (Fsp3) is 1.00. The lowest BCUT2D eigenvalue weighted by atomic mass is 9.77. The zero-order chi connectivity index (χ0) is 9.31. The van der Waals surface area contributed by atoms with Crippen molar-refractivity contribution in [1.29, 1.82) is 0 Å². The molecule has 3 heteroatoms. The molecule has 1 aliphatic heterocycles. The third-order valence-electron chi connectivity index (χ3n) is 3.53. The molecule has 2 atom stereocenters. The van der Waals surface area contributed by atoms with E-state index >= 15 is 0 Å². The molecule has 76 valence electrons. The van der Waals surface area contributed by atoms with E-state index in [9.17, 15) is 5.11 Å². The van der Waals surface area contributed by atoms with E-state index in [4.69, 9.17) is 5.73 Å². The van der Waals surface area contributed by atoms with Crippen LogP contribution in [0.3, 0.4) is 0 Å². The van der Waals surface area contributed by atoms with Crippen molar-refractivity contribution in [3.63, 3.8) is 0 Å². The van der Waals surface area contributed by atoms with Gasteiger partial charge in [-0.3, -0.25) is 0 Å². The lowest BCUT2D eigenvalue weighted by Crippen LogP contribution is -2.49. The van der Waals surface area contributed by atoms with Gasteiger partial charge < -0.3 is 10.8 Å². The summed E-state index contributed by atoms with van der Waals surface area (Å²) < 4.78 is 0. The van der Waals surface area contributed by atoms with Crippen LogP contribution in [-0.2, 0) is 0 Å². The summed E-state index contributed by atoms with van der Waals surface area (Å²) in [4.78, 5) is 0. The van der Waals surface area contributed by atoms with Crippen molar-refractivity contribution in [2.24, 2.45) is 11.7 Å². The maximum Gasteiger partial charge on any atom is 0.0895 e. The predicted molar refractivity (Wildman–Crippen MR) is 56.8 cm³/mol. The Morgan fingerprint density at radius 3 is 2.77 bits per heavy atom. The summed E-state index contributed by atoms with van der Waals surface area (Å²) in [6.07, 6.45) is 5.96. The molecule has 0 aromatic carbocycles. The van der Waals surface area contributed by atoms with Crippen LogP contribution in [0, 0.1) is 5.92 Å². The van der Waals surface area contributed by atoms with Gasteiger partial charge in [-0.2, -0.15) is 11.8 Å². The summed E-state index contributed by atoms with van der Waals surface area (Å²) in [5.74, 6) is 2.74. The number of hydrogen-bond acceptors (Lipinski definition) is 3. The molecule has 3 N–H and O–H groups in total. The fourth-order valence-electron chi connectivity index (χ4n) is 2.17. The van der Waals surface area contributed by atoms with Gasteiger partial charge in [-0.15, -0.1) is 0 Å². The average molecular weight is 201 g/mol. The Balaban J connectivity index is 1.83. The number of rotatable bonds is 3. The molecular weight excluding hydrogens is 182 g/mol. The molecule has 2 fully saturated rings. The zero-order valence-corrected chi connectivity index (χ0v) is 8.85. The Morgan fingerprint density at radius 2 is 2.31 bits per heavy atom. The third kappa shape index (κ3) is 2.03. The van der Waals surface area contributed by atoms with Crippen molar-refractivity contribution >= 4 is 11.8 Å². The molecule has 0 amide bonds. The van der Waals surface area contributed by atoms with Crippen LogP contribution in [0.1, 0.15) is 32.1 Å². The molecule has 13 heavy (non-hydrogen) atoms. The number of thioether (sulfide) groups is 1. The van der Waals surface area contributed by atoms with Gasteiger partial charge in [0, 0.05) is 11.8 Å². The highest BCUT2D eigenvalue weighted by atomic mass is 32.2. The molecule has 0 bridgehead atoms. The summed E-state index contributed by atoms with van der Waals surface area (Å²) in [7, 11) is 0. The van der Waals surface area contributed by atoms with Gasteiger partial charge in [0.05, 0.1) is 5.60 Å². The van der Waals surface area contributed by atoms with E-state index in [1.54, 1.807) is 0 Å². The second-order valence-corrected chi connectivity index (χ2v) is 5.65. The molecule has 2 unspecified atom stereocenters. The monoisotopic (exact) mass is 201 g/mol. The average Bonchev–Trinajstić information content (AvgIpc) is 2.45. The molecule has 1 saturated carbocycles. The molecule has 0 radical (unpaired) electrons. The van der Waals surface area contributed by atoms with Crippen molar-refractivity contribution in [2.45, 2.75) is 43.7 Å². The predicted octanol–water partition coefficient (Wildman–Crippen LogP) is 1.37. The summed E-state index contributed by atoms with van der Waals surface area (Å²) in [6.45, 7) is 0. The molecule has 0 spiro atoms.